The van der Waals surface area contributed by atoms with Crippen LogP contribution in [0, 0.1) is 0 Å². The second-order valence-electron chi connectivity index (χ2n) is 3.04. The van der Waals surface area contributed by atoms with E-state index in [4.69, 9.17) is 5.73 Å². The summed E-state index contributed by atoms with van der Waals surface area (Å²) in [5.41, 5.74) is 5.70. The van der Waals surface area contributed by atoms with Crippen molar-refractivity contribution in [2.75, 3.05) is 30.1 Å². The number of hydrogen-bond acceptors (Lipinski definition) is 4. The molecule has 3 nitrogen and oxygen atoms in total. The summed E-state index contributed by atoms with van der Waals surface area (Å²) in [6.07, 6.45) is 4.61. The van der Waals surface area contributed by atoms with Crippen molar-refractivity contribution in [2.24, 2.45) is 5.73 Å². The van der Waals surface area contributed by atoms with E-state index >= 15 is 0 Å². The highest BCUT2D eigenvalue weighted by molar-refractivity contribution is 7.99. The second kappa shape index (κ2) is 10.4. The van der Waals surface area contributed by atoms with Crippen LogP contribution in [0.15, 0.2) is 12.7 Å². The van der Waals surface area contributed by atoms with E-state index in [0.29, 0.717) is 6.54 Å². The van der Waals surface area contributed by atoms with Gasteiger partial charge in [0.05, 0.1) is 6.04 Å². The number of carbonyl (C=O) groups is 1. The number of thioether (sulfide) groups is 2. The molecule has 1 amide bonds. The molecule has 88 valence electrons. The Labute approximate surface area is 101 Å². The number of nitrogens with one attached hydrogen (secondary N) is 1. The molecule has 0 saturated heterocycles. The predicted octanol–water partition coefficient (Wildman–Crippen LogP) is 1.10. The van der Waals surface area contributed by atoms with E-state index in [9.17, 15) is 4.79 Å². The molecule has 0 aromatic rings. The number of amides is 1. The van der Waals surface area contributed by atoms with Gasteiger partial charge in [0.1, 0.15) is 0 Å². The zero-order valence-electron chi connectivity index (χ0n) is 9.20. The maximum atomic E-state index is 11.4. The molecule has 0 rings (SSSR count). The maximum Gasteiger partial charge on any atom is 0.236 e. The van der Waals surface area contributed by atoms with Crippen LogP contribution in [-0.4, -0.2) is 42.0 Å². The molecule has 0 aliphatic rings. The van der Waals surface area contributed by atoms with Gasteiger partial charge >= 0.3 is 0 Å². The van der Waals surface area contributed by atoms with Crippen molar-refractivity contribution in [3.05, 3.63) is 12.7 Å². The van der Waals surface area contributed by atoms with Crippen LogP contribution in [-0.2, 0) is 4.79 Å². The molecule has 0 aromatic heterocycles. The minimum Gasteiger partial charge on any atom is -0.354 e. The van der Waals surface area contributed by atoms with Crippen molar-refractivity contribution >= 4 is 29.4 Å². The van der Waals surface area contributed by atoms with Crippen LogP contribution in [0.25, 0.3) is 0 Å². The Morgan fingerprint density at radius 1 is 1.60 bits per heavy atom. The lowest BCUT2D eigenvalue weighted by atomic mass is 10.2. The van der Waals surface area contributed by atoms with Crippen LogP contribution in [0.2, 0.25) is 0 Å². The molecule has 3 N–H and O–H groups in total. The van der Waals surface area contributed by atoms with E-state index in [1.54, 1.807) is 23.5 Å². The summed E-state index contributed by atoms with van der Waals surface area (Å²) in [4.78, 5) is 11.4. The van der Waals surface area contributed by atoms with Crippen LogP contribution in [0.4, 0.5) is 0 Å². The Morgan fingerprint density at radius 2 is 2.33 bits per heavy atom. The van der Waals surface area contributed by atoms with Gasteiger partial charge in [-0.2, -0.15) is 23.5 Å². The first kappa shape index (κ1) is 14.9. The summed E-state index contributed by atoms with van der Waals surface area (Å²) in [5.74, 6) is 2.73. The number of nitrogens with two attached hydrogens (primary N) is 1. The van der Waals surface area contributed by atoms with Gasteiger partial charge < -0.3 is 11.1 Å². The van der Waals surface area contributed by atoms with Gasteiger partial charge in [-0.3, -0.25) is 4.79 Å². The molecule has 0 aliphatic heterocycles. The molecule has 0 spiro atoms. The Morgan fingerprint density at radius 3 is 2.93 bits per heavy atom. The Kier molecular flexibility index (Phi) is 10.3. The van der Waals surface area contributed by atoms with Crippen LogP contribution < -0.4 is 11.1 Å². The minimum atomic E-state index is -0.359. The summed E-state index contributed by atoms with van der Waals surface area (Å²) < 4.78 is 0. The Balaban J connectivity index is 3.42. The molecule has 0 fully saturated rings. The molecule has 0 radical (unpaired) electrons. The van der Waals surface area contributed by atoms with Crippen molar-refractivity contribution in [2.45, 2.75) is 12.5 Å². The van der Waals surface area contributed by atoms with Gasteiger partial charge in [-0.1, -0.05) is 6.08 Å². The van der Waals surface area contributed by atoms with E-state index in [-0.39, 0.29) is 11.9 Å². The van der Waals surface area contributed by atoms with Crippen LogP contribution in [0.1, 0.15) is 6.42 Å². The number of hydrogen-bond donors (Lipinski definition) is 2. The average molecular weight is 248 g/mol. The normalized spacial score (nSPS) is 12.1. The second-order valence-corrected chi connectivity index (χ2v) is 5.18. The quantitative estimate of drug-likeness (QED) is 0.474. The fourth-order valence-electron chi connectivity index (χ4n) is 0.920. The molecular formula is C10H20N2OS2. The van der Waals surface area contributed by atoms with Crippen LogP contribution in [0.5, 0.6) is 0 Å². The van der Waals surface area contributed by atoms with Crippen molar-refractivity contribution in [3.8, 4) is 0 Å². The lowest BCUT2D eigenvalue weighted by Crippen LogP contribution is -2.41. The predicted molar refractivity (Wildman–Crippen MR) is 71.5 cm³/mol. The number of carbonyl (C=O) groups excluding carboxylic acids is 1. The van der Waals surface area contributed by atoms with Gasteiger partial charge in [-0.15, -0.1) is 6.58 Å². The van der Waals surface area contributed by atoms with Gasteiger partial charge in [-0.05, 0) is 18.4 Å². The molecular weight excluding hydrogens is 228 g/mol. The van der Waals surface area contributed by atoms with Crippen molar-refractivity contribution < 1.29 is 4.79 Å². The van der Waals surface area contributed by atoms with E-state index in [1.807, 2.05) is 12.3 Å². The molecule has 0 unspecified atom stereocenters. The Hall–Kier alpha value is -0.130. The third-order valence-corrected chi connectivity index (χ3v) is 3.36. The zero-order chi connectivity index (χ0) is 11.5. The summed E-state index contributed by atoms with van der Waals surface area (Å²) >= 11 is 3.45. The summed E-state index contributed by atoms with van der Waals surface area (Å²) in [7, 11) is 0. The molecule has 0 aromatic carbocycles. The third kappa shape index (κ3) is 8.84. The van der Waals surface area contributed by atoms with E-state index < -0.39 is 0 Å². The molecule has 1 atom stereocenters. The summed E-state index contributed by atoms with van der Waals surface area (Å²) in [6, 6.07) is -0.359. The van der Waals surface area contributed by atoms with Crippen LogP contribution >= 0.6 is 23.5 Å². The smallest absolute Gasteiger partial charge is 0.236 e. The lowest BCUT2D eigenvalue weighted by Gasteiger charge is -2.10. The molecule has 0 saturated carbocycles. The maximum absolute atomic E-state index is 11.4. The largest absolute Gasteiger partial charge is 0.354 e. The van der Waals surface area contributed by atoms with E-state index in [2.05, 4.69) is 11.9 Å². The first-order chi connectivity index (χ1) is 7.22. The fourth-order valence-corrected chi connectivity index (χ4v) is 1.99. The molecule has 15 heavy (non-hydrogen) atoms. The standard InChI is InChI=1S/C10H20N2OS2/c1-3-6-15-8-5-12-10(13)9(11)4-7-14-2/h3,9H,1,4-8,11H2,2H3,(H,12,13)/t9-/m0/s1. The first-order valence-electron chi connectivity index (χ1n) is 4.93. The van der Waals surface area contributed by atoms with Crippen molar-refractivity contribution in [1.82, 2.24) is 5.32 Å². The summed E-state index contributed by atoms with van der Waals surface area (Å²) in [6.45, 7) is 4.31. The minimum absolute atomic E-state index is 0.0387. The topological polar surface area (TPSA) is 55.1 Å². The van der Waals surface area contributed by atoms with Crippen molar-refractivity contribution in [3.63, 3.8) is 0 Å². The zero-order valence-corrected chi connectivity index (χ0v) is 10.8. The highest BCUT2D eigenvalue weighted by atomic mass is 32.2. The molecule has 0 bridgehead atoms. The van der Waals surface area contributed by atoms with E-state index in [0.717, 1.165) is 23.7 Å². The number of rotatable bonds is 9. The van der Waals surface area contributed by atoms with Crippen molar-refractivity contribution in [1.29, 1.82) is 0 Å². The van der Waals surface area contributed by atoms with Gasteiger partial charge in [0.2, 0.25) is 5.91 Å². The average Bonchev–Trinajstić information content (AvgIpc) is 2.25. The molecule has 0 aliphatic carbocycles. The third-order valence-electron chi connectivity index (χ3n) is 1.75. The SMILES string of the molecule is C=CCSCCNC(=O)[C@@H](N)CCSC. The first-order valence-corrected chi connectivity index (χ1v) is 7.48. The van der Waals surface area contributed by atoms with Gasteiger partial charge in [-0.25, -0.2) is 0 Å². The monoisotopic (exact) mass is 248 g/mol. The van der Waals surface area contributed by atoms with Gasteiger partial charge in [0, 0.05) is 18.1 Å². The van der Waals surface area contributed by atoms with Crippen LogP contribution in [0.3, 0.4) is 0 Å². The highest BCUT2D eigenvalue weighted by Gasteiger charge is 2.11. The van der Waals surface area contributed by atoms with Gasteiger partial charge in [0.25, 0.3) is 0 Å². The highest BCUT2D eigenvalue weighted by Crippen LogP contribution is 1.99. The van der Waals surface area contributed by atoms with E-state index in [1.165, 1.54) is 0 Å². The molecule has 5 heteroatoms. The molecule has 0 heterocycles. The lowest BCUT2D eigenvalue weighted by molar-refractivity contribution is -0.122. The van der Waals surface area contributed by atoms with Gasteiger partial charge in [0.15, 0.2) is 0 Å². The fraction of sp³-hybridized carbons (Fsp3) is 0.700. The Bertz CT molecular complexity index is 188. The summed E-state index contributed by atoms with van der Waals surface area (Å²) in [5, 5.41) is 2.82.